The van der Waals surface area contributed by atoms with E-state index >= 15 is 0 Å². The average molecular weight is 252 g/mol. The summed E-state index contributed by atoms with van der Waals surface area (Å²) in [4.78, 5) is 11.7. The predicted molar refractivity (Wildman–Crippen MR) is 63.4 cm³/mol. The summed E-state index contributed by atoms with van der Waals surface area (Å²) in [6, 6.07) is 4.55. The smallest absolute Gasteiger partial charge is 0.286 e. The highest BCUT2D eigenvalue weighted by Crippen LogP contribution is 2.20. The molecule has 0 aliphatic rings. The van der Waals surface area contributed by atoms with Crippen LogP contribution in [0.2, 0.25) is 0 Å². The van der Waals surface area contributed by atoms with Gasteiger partial charge in [0.2, 0.25) is 10.1 Å². The number of nitrogen functional groups attached to an aromatic ring is 1. The molecule has 0 aliphatic carbocycles. The molecule has 1 amide bonds. The number of halogens is 1. The molecule has 88 valence electrons. The van der Waals surface area contributed by atoms with Crippen LogP contribution in [0, 0.1) is 12.7 Å². The van der Waals surface area contributed by atoms with Gasteiger partial charge < -0.3 is 11.1 Å². The van der Waals surface area contributed by atoms with Crippen molar-refractivity contribution in [1.29, 1.82) is 0 Å². The Bertz CT molecular complexity index is 549. The summed E-state index contributed by atoms with van der Waals surface area (Å²) in [5.74, 6) is -1.01. The zero-order valence-corrected chi connectivity index (χ0v) is 9.71. The molecule has 0 aliphatic heterocycles. The Morgan fingerprint density at radius 2 is 2.24 bits per heavy atom. The van der Waals surface area contributed by atoms with Gasteiger partial charge >= 0.3 is 0 Å². The third-order valence-corrected chi connectivity index (χ3v) is 2.85. The van der Waals surface area contributed by atoms with Crippen LogP contribution in [0.4, 0.5) is 15.2 Å². The van der Waals surface area contributed by atoms with Crippen molar-refractivity contribution in [3.63, 3.8) is 0 Å². The van der Waals surface area contributed by atoms with Crippen LogP contribution < -0.4 is 11.1 Å². The van der Waals surface area contributed by atoms with Crippen LogP contribution >= 0.6 is 11.3 Å². The lowest BCUT2D eigenvalue weighted by atomic mass is 10.2. The molecule has 1 aromatic heterocycles. The van der Waals surface area contributed by atoms with Gasteiger partial charge in [-0.15, -0.1) is 10.2 Å². The van der Waals surface area contributed by atoms with Crippen molar-refractivity contribution in [2.75, 3.05) is 11.1 Å². The second kappa shape index (κ2) is 4.46. The lowest BCUT2D eigenvalue weighted by Crippen LogP contribution is -2.13. The monoisotopic (exact) mass is 252 g/mol. The second-order valence-electron chi connectivity index (χ2n) is 3.33. The molecule has 0 unspecified atom stereocenters. The fourth-order valence-electron chi connectivity index (χ4n) is 1.28. The van der Waals surface area contributed by atoms with E-state index in [9.17, 15) is 9.18 Å². The molecule has 0 saturated carbocycles. The number of hydrogen-bond donors (Lipinski definition) is 2. The summed E-state index contributed by atoms with van der Waals surface area (Å²) >= 11 is 0.948. The van der Waals surface area contributed by atoms with Crippen LogP contribution in [0.1, 0.15) is 15.4 Å². The Morgan fingerprint density at radius 1 is 1.47 bits per heavy atom. The van der Waals surface area contributed by atoms with E-state index in [-0.39, 0.29) is 15.8 Å². The molecular weight excluding hydrogens is 243 g/mol. The highest BCUT2D eigenvalue weighted by atomic mass is 32.1. The number of rotatable bonds is 2. The Hall–Kier alpha value is -2.02. The minimum atomic E-state index is -0.521. The van der Waals surface area contributed by atoms with Gasteiger partial charge in [0.15, 0.2) is 0 Å². The van der Waals surface area contributed by atoms with E-state index in [4.69, 9.17) is 5.73 Å². The summed E-state index contributed by atoms with van der Waals surface area (Å²) in [7, 11) is 0. The zero-order valence-electron chi connectivity index (χ0n) is 8.90. The molecule has 1 aromatic carbocycles. The van der Waals surface area contributed by atoms with Crippen molar-refractivity contribution in [2.24, 2.45) is 0 Å². The number of benzene rings is 1. The molecule has 2 rings (SSSR count). The van der Waals surface area contributed by atoms with Crippen LogP contribution in [0.3, 0.4) is 0 Å². The Kier molecular flexibility index (Phi) is 3.01. The molecule has 0 fully saturated rings. The SMILES string of the molecule is Cc1cccc(F)c1NC(=O)c1nnc(N)s1. The van der Waals surface area contributed by atoms with Crippen molar-refractivity contribution in [3.05, 3.63) is 34.6 Å². The van der Waals surface area contributed by atoms with E-state index in [2.05, 4.69) is 15.5 Å². The number of anilines is 2. The number of aromatic nitrogens is 2. The molecule has 0 spiro atoms. The van der Waals surface area contributed by atoms with Gasteiger partial charge in [-0.05, 0) is 18.6 Å². The molecule has 0 bridgehead atoms. The minimum Gasteiger partial charge on any atom is -0.374 e. The number of nitrogens with one attached hydrogen (secondary N) is 1. The first-order chi connectivity index (χ1) is 8.08. The number of hydrogen-bond acceptors (Lipinski definition) is 5. The summed E-state index contributed by atoms with van der Waals surface area (Å²) in [6.45, 7) is 1.70. The van der Waals surface area contributed by atoms with E-state index < -0.39 is 11.7 Å². The van der Waals surface area contributed by atoms with Gasteiger partial charge in [0.1, 0.15) is 5.82 Å². The van der Waals surface area contributed by atoms with E-state index in [1.54, 1.807) is 19.1 Å². The molecule has 0 saturated heterocycles. The van der Waals surface area contributed by atoms with Crippen LogP contribution in [0.15, 0.2) is 18.2 Å². The van der Waals surface area contributed by atoms with E-state index in [1.807, 2.05) is 0 Å². The number of carbonyl (C=O) groups is 1. The molecule has 7 heteroatoms. The Balaban J connectivity index is 2.24. The van der Waals surface area contributed by atoms with Gasteiger partial charge in [-0.25, -0.2) is 4.39 Å². The molecule has 0 radical (unpaired) electrons. The molecule has 17 heavy (non-hydrogen) atoms. The number of nitrogens with zero attached hydrogens (tertiary/aromatic N) is 2. The topological polar surface area (TPSA) is 80.9 Å². The summed E-state index contributed by atoms with van der Waals surface area (Å²) in [6.07, 6.45) is 0. The van der Waals surface area contributed by atoms with Gasteiger partial charge in [-0.1, -0.05) is 23.5 Å². The number of para-hydroxylation sites is 1. The molecule has 2 aromatic rings. The van der Waals surface area contributed by atoms with Crippen LogP contribution in [0.5, 0.6) is 0 Å². The van der Waals surface area contributed by atoms with E-state index in [1.165, 1.54) is 6.07 Å². The second-order valence-corrected chi connectivity index (χ2v) is 4.34. The van der Waals surface area contributed by atoms with Crippen LogP contribution in [-0.2, 0) is 0 Å². The molecular formula is C10H9FN4OS. The number of aryl methyl sites for hydroxylation is 1. The Morgan fingerprint density at radius 3 is 2.82 bits per heavy atom. The number of nitrogens with two attached hydrogens (primary N) is 1. The third kappa shape index (κ3) is 2.39. The van der Waals surface area contributed by atoms with Gasteiger partial charge in [0.05, 0.1) is 5.69 Å². The fourth-order valence-corrected chi connectivity index (χ4v) is 1.79. The Labute approximate surface area is 100 Å². The maximum Gasteiger partial charge on any atom is 0.286 e. The molecule has 5 nitrogen and oxygen atoms in total. The molecule has 3 N–H and O–H groups in total. The summed E-state index contributed by atoms with van der Waals surface area (Å²) in [5, 5.41) is 9.84. The normalized spacial score (nSPS) is 10.2. The van der Waals surface area contributed by atoms with Gasteiger partial charge in [0, 0.05) is 0 Å². The van der Waals surface area contributed by atoms with Crippen molar-refractivity contribution >= 4 is 28.1 Å². The lowest BCUT2D eigenvalue weighted by Gasteiger charge is -2.07. The van der Waals surface area contributed by atoms with E-state index in [0.717, 1.165) is 11.3 Å². The van der Waals surface area contributed by atoms with Crippen molar-refractivity contribution in [3.8, 4) is 0 Å². The van der Waals surface area contributed by atoms with Crippen molar-refractivity contribution in [1.82, 2.24) is 10.2 Å². The number of amides is 1. The maximum absolute atomic E-state index is 13.5. The number of carbonyl (C=O) groups excluding carboxylic acids is 1. The maximum atomic E-state index is 13.5. The first kappa shape index (κ1) is 11.5. The summed E-state index contributed by atoms with van der Waals surface area (Å²) in [5.41, 5.74) is 6.14. The summed E-state index contributed by atoms with van der Waals surface area (Å²) < 4.78 is 13.5. The largest absolute Gasteiger partial charge is 0.374 e. The highest BCUT2D eigenvalue weighted by molar-refractivity contribution is 7.16. The first-order valence-corrected chi connectivity index (χ1v) is 5.55. The van der Waals surface area contributed by atoms with Crippen molar-refractivity contribution in [2.45, 2.75) is 6.92 Å². The quantitative estimate of drug-likeness (QED) is 0.854. The zero-order chi connectivity index (χ0) is 12.4. The third-order valence-electron chi connectivity index (χ3n) is 2.10. The van der Waals surface area contributed by atoms with Gasteiger partial charge in [-0.3, -0.25) is 4.79 Å². The van der Waals surface area contributed by atoms with Crippen LogP contribution in [0.25, 0.3) is 0 Å². The van der Waals surface area contributed by atoms with Gasteiger partial charge in [-0.2, -0.15) is 0 Å². The molecule has 1 heterocycles. The van der Waals surface area contributed by atoms with Gasteiger partial charge in [0.25, 0.3) is 5.91 Å². The highest BCUT2D eigenvalue weighted by Gasteiger charge is 2.14. The lowest BCUT2D eigenvalue weighted by molar-refractivity contribution is 0.102. The van der Waals surface area contributed by atoms with Crippen molar-refractivity contribution < 1.29 is 9.18 Å². The predicted octanol–water partition coefficient (Wildman–Crippen LogP) is 1.82. The van der Waals surface area contributed by atoms with E-state index in [0.29, 0.717) is 5.56 Å². The first-order valence-electron chi connectivity index (χ1n) is 4.73. The molecule has 0 atom stereocenters. The minimum absolute atomic E-state index is 0.102. The van der Waals surface area contributed by atoms with Crippen LogP contribution in [-0.4, -0.2) is 16.1 Å². The average Bonchev–Trinajstić information content (AvgIpc) is 2.70. The fraction of sp³-hybridized carbons (Fsp3) is 0.100. The standard InChI is InChI=1S/C10H9FN4OS/c1-5-3-2-4-6(11)7(5)13-8(16)9-14-15-10(12)17-9/h2-4H,1H3,(H2,12,15)(H,13,16).